The Morgan fingerprint density at radius 3 is 2.94 bits per heavy atom. The molecule has 0 aliphatic heterocycles. The standard InChI is InChI=1S/C13H15FINO2/c1-9(17)3-4-11-7-12(5-6-13(11)14)18-10(2)8-16-15/h3-7,10,16H,8H2,1-2H3/b4-3+/t10-/m0/s1. The Kier molecular flexibility index (Phi) is 6.28. The minimum absolute atomic E-state index is 0.0167. The lowest BCUT2D eigenvalue weighted by Gasteiger charge is -2.14. The second kappa shape index (κ2) is 7.48. The van der Waals surface area contributed by atoms with Gasteiger partial charge in [0.1, 0.15) is 17.7 Å². The number of carbonyl (C=O) groups excluding carboxylic acids is 1. The zero-order chi connectivity index (χ0) is 13.5. The summed E-state index contributed by atoms with van der Waals surface area (Å²) in [5.41, 5.74) is 0.345. The second-order valence-electron chi connectivity index (χ2n) is 3.89. The van der Waals surface area contributed by atoms with Crippen molar-refractivity contribution in [3.05, 3.63) is 35.7 Å². The fraction of sp³-hybridized carbons (Fsp3) is 0.308. The van der Waals surface area contributed by atoms with Crippen LogP contribution < -0.4 is 8.27 Å². The van der Waals surface area contributed by atoms with Gasteiger partial charge in [0.15, 0.2) is 5.78 Å². The van der Waals surface area contributed by atoms with Gasteiger partial charge < -0.3 is 4.74 Å². The van der Waals surface area contributed by atoms with Crippen molar-refractivity contribution >= 4 is 34.7 Å². The van der Waals surface area contributed by atoms with Crippen LogP contribution in [-0.2, 0) is 4.79 Å². The molecule has 1 aromatic carbocycles. The molecule has 1 N–H and O–H groups in total. The lowest BCUT2D eigenvalue weighted by Crippen LogP contribution is -2.22. The molecule has 98 valence electrons. The van der Waals surface area contributed by atoms with Crippen molar-refractivity contribution in [2.45, 2.75) is 20.0 Å². The zero-order valence-electron chi connectivity index (χ0n) is 10.2. The third-order valence-electron chi connectivity index (χ3n) is 2.17. The highest BCUT2D eigenvalue weighted by Crippen LogP contribution is 2.19. The zero-order valence-corrected chi connectivity index (χ0v) is 12.4. The molecule has 18 heavy (non-hydrogen) atoms. The SMILES string of the molecule is CC(=O)/C=C/c1cc(O[C@@H](C)CNI)ccc1F. The van der Waals surface area contributed by atoms with E-state index in [0.29, 0.717) is 17.9 Å². The molecule has 1 aromatic rings. The van der Waals surface area contributed by atoms with Crippen molar-refractivity contribution in [2.75, 3.05) is 6.54 Å². The Hall–Kier alpha value is -0.950. The number of hydrogen-bond acceptors (Lipinski definition) is 3. The summed E-state index contributed by atoms with van der Waals surface area (Å²) < 4.78 is 22.0. The molecular formula is C13H15FINO2. The number of ether oxygens (including phenoxy) is 1. The maximum atomic E-state index is 13.5. The summed E-state index contributed by atoms with van der Waals surface area (Å²) in [7, 11) is 0. The van der Waals surface area contributed by atoms with Crippen molar-refractivity contribution < 1.29 is 13.9 Å². The maximum Gasteiger partial charge on any atom is 0.152 e. The number of rotatable bonds is 6. The molecule has 1 rings (SSSR count). The summed E-state index contributed by atoms with van der Waals surface area (Å²) in [6, 6.07) is 4.49. The van der Waals surface area contributed by atoms with Gasteiger partial charge in [0.25, 0.3) is 0 Å². The van der Waals surface area contributed by atoms with Crippen molar-refractivity contribution in [1.82, 2.24) is 3.53 Å². The molecule has 3 nitrogen and oxygen atoms in total. The lowest BCUT2D eigenvalue weighted by molar-refractivity contribution is -0.112. The summed E-state index contributed by atoms with van der Waals surface area (Å²) in [4.78, 5) is 10.8. The number of hydrogen-bond donors (Lipinski definition) is 1. The molecule has 1 atom stereocenters. The Morgan fingerprint density at radius 2 is 2.33 bits per heavy atom. The summed E-state index contributed by atoms with van der Waals surface area (Å²) in [5, 5.41) is 0. The normalized spacial score (nSPS) is 12.7. The van der Waals surface area contributed by atoms with Crippen LogP contribution >= 0.6 is 22.9 Å². The van der Waals surface area contributed by atoms with E-state index in [1.54, 1.807) is 12.1 Å². The van der Waals surface area contributed by atoms with Gasteiger partial charge in [-0.05, 0) is 44.2 Å². The minimum atomic E-state index is -0.375. The van der Waals surface area contributed by atoms with Crippen molar-refractivity contribution in [2.24, 2.45) is 0 Å². The molecule has 0 aromatic heterocycles. The molecule has 0 spiro atoms. The van der Waals surface area contributed by atoms with E-state index in [4.69, 9.17) is 4.74 Å². The smallest absolute Gasteiger partial charge is 0.152 e. The van der Waals surface area contributed by atoms with Crippen LogP contribution in [0, 0.1) is 5.82 Å². The molecule has 0 bridgehead atoms. The highest BCUT2D eigenvalue weighted by molar-refractivity contribution is 14.1. The molecular weight excluding hydrogens is 348 g/mol. The highest BCUT2D eigenvalue weighted by Gasteiger charge is 2.06. The first kappa shape index (κ1) is 15.1. The topological polar surface area (TPSA) is 38.3 Å². The fourth-order valence-corrected chi connectivity index (χ4v) is 1.93. The van der Waals surface area contributed by atoms with E-state index < -0.39 is 0 Å². The largest absolute Gasteiger partial charge is 0.489 e. The second-order valence-corrected chi connectivity index (χ2v) is 4.66. The van der Waals surface area contributed by atoms with E-state index in [2.05, 4.69) is 3.53 Å². The molecule has 0 fully saturated rings. The summed E-state index contributed by atoms with van der Waals surface area (Å²) in [6.07, 6.45) is 2.76. The molecule has 0 aliphatic rings. The van der Waals surface area contributed by atoms with Gasteiger partial charge in [0.2, 0.25) is 0 Å². The quantitative estimate of drug-likeness (QED) is 0.480. The van der Waals surface area contributed by atoms with Gasteiger partial charge in [-0.25, -0.2) is 4.39 Å². The molecule has 0 radical (unpaired) electrons. The molecule has 0 saturated carbocycles. The van der Waals surface area contributed by atoms with Gasteiger partial charge in [-0.2, -0.15) is 0 Å². The fourth-order valence-electron chi connectivity index (χ4n) is 1.31. The number of benzene rings is 1. The summed E-state index contributed by atoms with van der Waals surface area (Å²) in [5.74, 6) is 0.0847. The van der Waals surface area contributed by atoms with Crippen LogP contribution in [0.3, 0.4) is 0 Å². The first-order valence-electron chi connectivity index (χ1n) is 5.51. The molecule has 0 saturated heterocycles. The Labute approximate surface area is 120 Å². The molecule has 5 heteroatoms. The van der Waals surface area contributed by atoms with Gasteiger partial charge >= 0.3 is 0 Å². The number of allylic oxidation sites excluding steroid dienone is 1. The van der Waals surface area contributed by atoms with Gasteiger partial charge in [0.05, 0.1) is 0 Å². The molecule has 0 aliphatic carbocycles. The van der Waals surface area contributed by atoms with Crippen LogP contribution in [0.5, 0.6) is 5.75 Å². The predicted octanol–water partition coefficient (Wildman–Crippen LogP) is 3.13. The van der Waals surface area contributed by atoms with Gasteiger partial charge in [0, 0.05) is 35.0 Å². The van der Waals surface area contributed by atoms with Crippen LogP contribution in [0.1, 0.15) is 19.4 Å². The van der Waals surface area contributed by atoms with E-state index in [9.17, 15) is 9.18 Å². The molecule has 0 amide bonds. The maximum absolute atomic E-state index is 13.5. The van der Waals surface area contributed by atoms with Crippen molar-refractivity contribution in [3.8, 4) is 5.75 Å². The van der Waals surface area contributed by atoms with Crippen LogP contribution in [-0.4, -0.2) is 18.4 Å². The number of nitrogens with one attached hydrogen (secondary N) is 1. The van der Waals surface area contributed by atoms with E-state index in [-0.39, 0.29) is 17.7 Å². The monoisotopic (exact) mass is 363 g/mol. The van der Waals surface area contributed by atoms with E-state index in [1.807, 2.05) is 29.8 Å². The Balaban J connectivity index is 2.83. The lowest BCUT2D eigenvalue weighted by atomic mass is 10.1. The van der Waals surface area contributed by atoms with Gasteiger partial charge in [-0.1, -0.05) is 0 Å². The third-order valence-corrected chi connectivity index (χ3v) is 2.61. The Bertz CT molecular complexity index is 449. The van der Waals surface area contributed by atoms with Gasteiger partial charge in [-0.3, -0.25) is 8.32 Å². The average Bonchev–Trinajstić information content (AvgIpc) is 2.30. The highest BCUT2D eigenvalue weighted by atomic mass is 127. The minimum Gasteiger partial charge on any atom is -0.489 e. The van der Waals surface area contributed by atoms with Crippen molar-refractivity contribution in [3.63, 3.8) is 0 Å². The van der Waals surface area contributed by atoms with Crippen LogP contribution in [0.4, 0.5) is 4.39 Å². The number of carbonyl (C=O) groups is 1. The van der Waals surface area contributed by atoms with Crippen LogP contribution in [0.25, 0.3) is 6.08 Å². The van der Waals surface area contributed by atoms with E-state index in [1.165, 1.54) is 25.1 Å². The number of halogens is 2. The first-order chi connectivity index (χ1) is 8.52. The average molecular weight is 363 g/mol. The van der Waals surface area contributed by atoms with Crippen LogP contribution in [0.15, 0.2) is 24.3 Å². The van der Waals surface area contributed by atoms with Crippen molar-refractivity contribution in [1.29, 1.82) is 0 Å². The number of ketones is 1. The summed E-state index contributed by atoms with van der Waals surface area (Å²) in [6.45, 7) is 4.03. The first-order valence-corrected chi connectivity index (χ1v) is 6.59. The molecule has 0 unspecified atom stereocenters. The Morgan fingerprint density at radius 1 is 1.61 bits per heavy atom. The van der Waals surface area contributed by atoms with E-state index >= 15 is 0 Å². The predicted molar refractivity (Wildman–Crippen MR) is 78.2 cm³/mol. The van der Waals surface area contributed by atoms with Gasteiger partial charge in [-0.15, -0.1) is 0 Å². The summed E-state index contributed by atoms with van der Waals surface area (Å²) >= 11 is 2.04. The third kappa shape index (κ3) is 5.14. The van der Waals surface area contributed by atoms with E-state index in [0.717, 1.165) is 0 Å². The van der Waals surface area contributed by atoms with Crippen LogP contribution in [0.2, 0.25) is 0 Å². The molecule has 0 heterocycles.